The lowest BCUT2D eigenvalue weighted by atomic mass is 9.94. The van der Waals surface area contributed by atoms with Crippen LogP contribution in [0.1, 0.15) is 36.6 Å². The van der Waals surface area contributed by atoms with Gasteiger partial charge >= 0.3 is 6.03 Å². The van der Waals surface area contributed by atoms with Gasteiger partial charge < -0.3 is 20.7 Å². The molecule has 0 bridgehead atoms. The molecule has 3 amide bonds. The lowest BCUT2D eigenvalue weighted by Crippen LogP contribution is -2.46. The highest BCUT2D eigenvalue weighted by Crippen LogP contribution is 2.29. The van der Waals surface area contributed by atoms with Gasteiger partial charge in [-0.3, -0.25) is 4.79 Å². The highest BCUT2D eigenvalue weighted by atomic mass is 16.5. The number of carbonyl (C=O) groups excluding carboxylic acids is 2. The van der Waals surface area contributed by atoms with Crippen LogP contribution in [-0.4, -0.2) is 18.5 Å². The smallest absolute Gasteiger partial charge is 0.319 e. The second kappa shape index (κ2) is 8.17. The Balaban J connectivity index is 1.92. The molecule has 2 aromatic rings. The number of allylic oxidation sites excluding steroid dienone is 1. The van der Waals surface area contributed by atoms with Crippen molar-refractivity contribution in [3.8, 4) is 5.75 Å². The molecule has 1 atom stereocenters. The fourth-order valence-corrected chi connectivity index (χ4v) is 3.23. The van der Waals surface area contributed by atoms with E-state index in [-0.39, 0.29) is 11.9 Å². The standard InChI is InChI=1S/C22H25N3O3/c1-5-28-17-10-8-16(9-11-17)20-19(15(4)23-22(27)25-20)21(26)24-18-12-13(2)6-7-14(18)3/h6-12,20H,5H2,1-4H3,(H,24,26)(H2,23,25,27)/t20-/m1/s1. The molecule has 6 nitrogen and oxygen atoms in total. The van der Waals surface area contributed by atoms with Crippen LogP contribution in [0.2, 0.25) is 0 Å². The third-order valence-electron chi connectivity index (χ3n) is 4.68. The van der Waals surface area contributed by atoms with Crippen molar-refractivity contribution in [2.75, 3.05) is 11.9 Å². The van der Waals surface area contributed by atoms with Crippen LogP contribution < -0.4 is 20.7 Å². The Morgan fingerprint density at radius 2 is 1.82 bits per heavy atom. The van der Waals surface area contributed by atoms with Crippen LogP contribution in [0.15, 0.2) is 53.7 Å². The second-order valence-electron chi connectivity index (χ2n) is 6.84. The molecule has 1 heterocycles. The van der Waals surface area contributed by atoms with E-state index in [1.807, 2.05) is 63.2 Å². The van der Waals surface area contributed by atoms with Crippen molar-refractivity contribution in [2.45, 2.75) is 33.7 Å². The fourth-order valence-electron chi connectivity index (χ4n) is 3.23. The van der Waals surface area contributed by atoms with Crippen molar-refractivity contribution in [3.63, 3.8) is 0 Å². The van der Waals surface area contributed by atoms with Gasteiger partial charge in [0.1, 0.15) is 5.75 Å². The average molecular weight is 379 g/mol. The van der Waals surface area contributed by atoms with E-state index in [2.05, 4.69) is 16.0 Å². The number of anilines is 1. The van der Waals surface area contributed by atoms with E-state index in [1.165, 1.54) is 0 Å². The van der Waals surface area contributed by atoms with Gasteiger partial charge in [-0.2, -0.15) is 0 Å². The van der Waals surface area contributed by atoms with Crippen LogP contribution >= 0.6 is 0 Å². The number of carbonyl (C=O) groups is 2. The number of urea groups is 1. The first-order valence-electron chi connectivity index (χ1n) is 9.28. The quantitative estimate of drug-likeness (QED) is 0.735. The molecule has 1 aliphatic heterocycles. The maximum absolute atomic E-state index is 13.1. The van der Waals surface area contributed by atoms with Crippen molar-refractivity contribution in [1.29, 1.82) is 0 Å². The van der Waals surface area contributed by atoms with Crippen molar-refractivity contribution >= 4 is 17.6 Å². The molecule has 0 saturated carbocycles. The maximum Gasteiger partial charge on any atom is 0.319 e. The Labute approximate surface area is 165 Å². The van der Waals surface area contributed by atoms with E-state index < -0.39 is 6.04 Å². The number of hydrogen-bond donors (Lipinski definition) is 3. The molecule has 28 heavy (non-hydrogen) atoms. The molecule has 3 rings (SSSR count). The van der Waals surface area contributed by atoms with Gasteiger partial charge in [0.15, 0.2) is 0 Å². The Morgan fingerprint density at radius 1 is 1.11 bits per heavy atom. The number of amides is 3. The van der Waals surface area contributed by atoms with Crippen LogP contribution in [-0.2, 0) is 4.79 Å². The number of ether oxygens (including phenoxy) is 1. The van der Waals surface area contributed by atoms with E-state index in [0.29, 0.717) is 17.9 Å². The summed E-state index contributed by atoms with van der Waals surface area (Å²) in [6, 6.07) is 12.4. The lowest BCUT2D eigenvalue weighted by molar-refractivity contribution is -0.113. The van der Waals surface area contributed by atoms with Gasteiger partial charge in [0.25, 0.3) is 5.91 Å². The third-order valence-corrected chi connectivity index (χ3v) is 4.68. The zero-order valence-electron chi connectivity index (χ0n) is 16.6. The summed E-state index contributed by atoms with van der Waals surface area (Å²) in [5.41, 5.74) is 4.61. The summed E-state index contributed by atoms with van der Waals surface area (Å²) >= 11 is 0. The summed E-state index contributed by atoms with van der Waals surface area (Å²) in [5, 5.41) is 8.53. The monoisotopic (exact) mass is 379 g/mol. The Kier molecular flexibility index (Phi) is 5.68. The Morgan fingerprint density at radius 3 is 2.50 bits per heavy atom. The van der Waals surface area contributed by atoms with Crippen LogP contribution in [0, 0.1) is 13.8 Å². The number of benzene rings is 2. The highest BCUT2D eigenvalue weighted by molar-refractivity contribution is 6.07. The van der Waals surface area contributed by atoms with Crippen LogP contribution in [0.5, 0.6) is 5.75 Å². The minimum Gasteiger partial charge on any atom is -0.494 e. The number of aryl methyl sites for hydroxylation is 2. The van der Waals surface area contributed by atoms with Gasteiger partial charge in [0.2, 0.25) is 0 Å². The molecular formula is C22H25N3O3. The van der Waals surface area contributed by atoms with E-state index in [4.69, 9.17) is 4.74 Å². The minimum atomic E-state index is -0.547. The summed E-state index contributed by atoms with van der Waals surface area (Å²) in [6.07, 6.45) is 0. The first-order valence-corrected chi connectivity index (χ1v) is 9.28. The molecule has 6 heteroatoms. The van der Waals surface area contributed by atoms with Gasteiger partial charge in [0, 0.05) is 11.4 Å². The van der Waals surface area contributed by atoms with Gasteiger partial charge in [-0.1, -0.05) is 24.3 Å². The van der Waals surface area contributed by atoms with Crippen LogP contribution in [0.4, 0.5) is 10.5 Å². The van der Waals surface area contributed by atoms with Crippen molar-refractivity contribution in [3.05, 3.63) is 70.4 Å². The van der Waals surface area contributed by atoms with Gasteiger partial charge in [-0.15, -0.1) is 0 Å². The average Bonchev–Trinajstić information content (AvgIpc) is 2.65. The van der Waals surface area contributed by atoms with E-state index in [0.717, 1.165) is 28.1 Å². The van der Waals surface area contributed by atoms with Crippen molar-refractivity contribution in [1.82, 2.24) is 10.6 Å². The normalized spacial score (nSPS) is 16.3. The lowest BCUT2D eigenvalue weighted by Gasteiger charge is -2.29. The fraction of sp³-hybridized carbons (Fsp3) is 0.273. The van der Waals surface area contributed by atoms with Crippen LogP contribution in [0.25, 0.3) is 0 Å². The predicted octanol–water partition coefficient (Wildman–Crippen LogP) is 3.97. The Bertz CT molecular complexity index is 933. The molecule has 0 saturated heterocycles. The molecule has 0 aliphatic carbocycles. The first-order chi connectivity index (χ1) is 13.4. The molecule has 0 radical (unpaired) electrons. The Hall–Kier alpha value is -3.28. The molecule has 3 N–H and O–H groups in total. The van der Waals surface area contributed by atoms with E-state index in [1.54, 1.807) is 6.92 Å². The summed E-state index contributed by atoms with van der Waals surface area (Å²) in [4.78, 5) is 25.2. The minimum absolute atomic E-state index is 0.252. The van der Waals surface area contributed by atoms with Crippen molar-refractivity contribution in [2.24, 2.45) is 0 Å². The molecule has 0 aromatic heterocycles. The van der Waals surface area contributed by atoms with Crippen LogP contribution in [0.3, 0.4) is 0 Å². The molecule has 0 unspecified atom stereocenters. The summed E-state index contributed by atoms with van der Waals surface area (Å²) in [7, 11) is 0. The maximum atomic E-state index is 13.1. The molecular weight excluding hydrogens is 354 g/mol. The summed E-state index contributed by atoms with van der Waals surface area (Å²) in [6.45, 7) is 8.15. The zero-order chi connectivity index (χ0) is 20.3. The predicted molar refractivity (Wildman–Crippen MR) is 109 cm³/mol. The van der Waals surface area contributed by atoms with E-state index in [9.17, 15) is 9.59 Å². The highest BCUT2D eigenvalue weighted by Gasteiger charge is 2.31. The topological polar surface area (TPSA) is 79.5 Å². The molecule has 0 fully saturated rings. The number of rotatable bonds is 5. The van der Waals surface area contributed by atoms with Gasteiger partial charge in [-0.25, -0.2) is 4.79 Å². The SMILES string of the molecule is CCOc1ccc([C@H]2NC(=O)NC(C)=C2C(=O)Nc2cc(C)ccc2C)cc1. The summed E-state index contributed by atoms with van der Waals surface area (Å²) in [5.74, 6) is 0.492. The third kappa shape index (κ3) is 4.17. The number of nitrogens with one attached hydrogen (secondary N) is 3. The van der Waals surface area contributed by atoms with Crippen molar-refractivity contribution < 1.29 is 14.3 Å². The molecule has 1 aliphatic rings. The molecule has 0 spiro atoms. The van der Waals surface area contributed by atoms with E-state index >= 15 is 0 Å². The largest absolute Gasteiger partial charge is 0.494 e. The molecule has 2 aromatic carbocycles. The number of hydrogen-bond acceptors (Lipinski definition) is 3. The second-order valence-corrected chi connectivity index (χ2v) is 6.84. The summed E-state index contributed by atoms with van der Waals surface area (Å²) < 4.78 is 5.48. The van der Waals surface area contributed by atoms with Gasteiger partial charge in [0.05, 0.1) is 18.2 Å². The molecule has 146 valence electrons. The zero-order valence-corrected chi connectivity index (χ0v) is 16.6. The van der Waals surface area contributed by atoms with Gasteiger partial charge in [-0.05, 0) is 62.6 Å². The first kappa shape index (κ1) is 19.5.